The van der Waals surface area contributed by atoms with Crippen LogP contribution in [0.5, 0.6) is 0 Å². The molecule has 0 spiro atoms. The lowest BCUT2D eigenvalue weighted by molar-refractivity contribution is -0.0214. The van der Waals surface area contributed by atoms with Gasteiger partial charge < -0.3 is 9.47 Å². The van der Waals surface area contributed by atoms with E-state index in [2.05, 4.69) is 15.2 Å². The van der Waals surface area contributed by atoms with E-state index in [4.69, 9.17) is 9.47 Å². The van der Waals surface area contributed by atoms with Crippen molar-refractivity contribution in [2.75, 3.05) is 19.0 Å². The largest absolute Gasteiger partial charge is 0.349 e. The summed E-state index contributed by atoms with van der Waals surface area (Å²) in [5.41, 5.74) is 1.79. The maximum atomic E-state index is 5.37. The fourth-order valence-electron chi connectivity index (χ4n) is 1.72. The lowest BCUT2D eigenvalue weighted by Crippen LogP contribution is -2.10. The SMILES string of the molecule is c1cncc(-c2ccc(SCC3OCCO3)nn2)c1. The van der Waals surface area contributed by atoms with Gasteiger partial charge in [0, 0.05) is 18.0 Å². The Morgan fingerprint density at radius 1 is 1.16 bits per heavy atom. The number of rotatable bonds is 4. The molecule has 0 aromatic carbocycles. The first-order chi connectivity index (χ1) is 9.42. The highest BCUT2D eigenvalue weighted by Gasteiger charge is 2.16. The number of pyridine rings is 1. The van der Waals surface area contributed by atoms with E-state index in [1.807, 2.05) is 24.3 Å². The third kappa shape index (κ3) is 3.28. The molecule has 0 N–H and O–H groups in total. The molecule has 1 aliphatic heterocycles. The van der Waals surface area contributed by atoms with E-state index in [1.165, 1.54) is 0 Å². The quantitative estimate of drug-likeness (QED) is 0.795. The number of thioether (sulfide) groups is 1. The first-order valence-corrected chi connectivity index (χ1v) is 7.00. The molecule has 19 heavy (non-hydrogen) atoms. The molecule has 0 radical (unpaired) electrons. The second-order valence-electron chi connectivity index (χ2n) is 3.98. The van der Waals surface area contributed by atoms with Crippen molar-refractivity contribution in [2.45, 2.75) is 11.3 Å². The van der Waals surface area contributed by atoms with Gasteiger partial charge >= 0.3 is 0 Å². The van der Waals surface area contributed by atoms with Crippen molar-refractivity contribution < 1.29 is 9.47 Å². The summed E-state index contributed by atoms with van der Waals surface area (Å²) in [7, 11) is 0. The van der Waals surface area contributed by atoms with Crippen LogP contribution in [0.25, 0.3) is 11.3 Å². The number of aromatic nitrogens is 3. The molecule has 3 rings (SSSR count). The number of hydrogen-bond donors (Lipinski definition) is 0. The summed E-state index contributed by atoms with van der Waals surface area (Å²) < 4.78 is 10.7. The molecule has 1 saturated heterocycles. The van der Waals surface area contributed by atoms with Crippen LogP contribution in [-0.4, -0.2) is 40.4 Å². The summed E-state index contributed by atoms with van der Waals surface area (Å²) in [5, 5.41) is 9.26. The summed E-state index contributed by atoms with van der Waals surface area (Å²) in [5.74, 6) is 0.737. The molecule has 0 saturated carbocycles. The second-order valence-corrected chi connectivity index (χ2v) is 5.02. The number of nitrogens with zero attached hydrogens (tertiary/aromatic N) is 3. The predicted molar refractivity (Wildman–Crippen MR) is 71.7 cm³/mol. The van der Waals surface area contributed by atoms with Crippen LogP contribution in [0.3, 0.4) is 0 Å². The van der Waals surface area contributed by atoms with Crippen LogP contribution in [0.4, 0.5) is 0 Å². The zero-order valence-electron chi connectivity index (χ0n) is 10.2. The van der Waals surface area contributed by atoms with E-state index < -0.39 is 0 Å². The first-order valence-electron chi connectivity index (χ1n) is 6.02. The van der Waals surface area contributed by atoms with Crippen LogP contribution in [0, 0.1) is 0 Å². The molecule has 0 aliphatic carbocycles. The minimum Gasteiger partial charge on any atom is -0.349 e. The Morgan fingerprint density at radius 3 is 2.74 bits per heavy atom. The molecule has 2 aromatic rings. The van der Waals surface area contributed by atoms with Crippen molar-refractivity contribution in [2.24, 2.45) is 0 Å². The van der Waals surface area contributed by atoms with Crippen molar-refractivity contribution in [3.8, 4) is 11.3 Å². The summed E-state index contributed by atoms with van der Waals surface area (Å²) >= 11 is 1.58. The molecule has 98 valence electrons. The van der Waals surface area contributed by atoms with Crippen LogP contribution in [0.1, 0.15) is 0 Å². The number of ether oxygens (including phenoxy) is 2. The molecule has 0 atom stereocenters. The maximum absolute atomic E-state index is 5.37. The van der Waals surface area contributed by atoms with Gasteiger partial charge in [-0.1, -0.05) is 11.8 Å². The zero-order valence-corrected chi connectivity index (χ0v) is 11.0. The van der Waals surface area contributed by atoms with Crippen molar-refractivity contribution >= 4 is 11.8 Å². The van der Waals surface area contributed by atoms with Gasteiger partial charge in [-0.05, 0) is 24.3 Å². The molecule has 0 bridgehead atoms. The van der Waals surface area contributed by atoms with Crippen LogP contribution in [0.15, 0.2) is 41.7 Å². The van der Waals surface area contributed by atoms with E-state index in [0.717, 1.165) is 22.0 Å². The van der Waals surface area contributed by atoms with Gasteiger partial charge in [0.2, 0.25) is 0 Å². The standard InChI is InChI=1S/C13H13N3O2S/c1-2-10(8-14-5-1)11-3-4-12(16-15-11)19-9-13-17-6-7-18-13/h1-5,8,13H,6-7,9H2. The van der Waals surface area contributed by atoms with Gasteiger partial charge in [0.15, 0.2) is 6.29 Å². The van der Waals surface area contributed by atoms with Gasteiger partial charge in [-0.2, -0.15) is 0 Å². The van der Waals surface area contributed by atoms with E-state index >= 15 is 0 Å². The molecule has 2 aromatic heterocycles. The second kappa shape index (κ2) is 6.10. The van der Waals surface area contributed by atoms with Gasteiger partial charge in [0.05, 0.1) is 24.7 Å². The number of hydrogen-bond acceptors (Lipinski definition) is 6. The molecular formula is C13H13N3O2S. The summed E-state index contributed by atoms with van der Waals surface area (Å²) in [6, 6.07) is 7.75. The first kappa shape index (κ1) is 12.5. The summed E-state index contributed by atoms with van der Waals surface area (Å²) in [6.45, 7) is 1.35. The van der Waals surface area contributed by atoms with E-state index in [9.17, 15) is 0 Å². The van der Waals surface area contributed by atoms with Gasteiger partial charge in [-0.15, -0.1) is 10.2 Å². The van der Waals surface area contributed by atoms with E-state index in [1.54, 1.807) is 24.2 Å². The molecule has 0 amide bonds. The van der Waals surface area contributed by atoms with Gasteiger partial charge in [0.25, 0.3) is 0 Å². The topological polar surface area (TPSA) is 57.1 Å². The Kier molecular flexibility index (Phi) is 4.02. The summed E-state index contributed by atoms with van der Waals surface area (Å²) in [6.07, 6.45) is 3.39. The Labute approximate surface area is 115 Å². The highest BCUT2D eigenvalue weighted by atomic mass is 32.2. The fourth-order valence-corrected chi connectivity index (χ4v) is 2.48. The summed E-state index contributed by atoms with van der Waals surface area (Å²) in [4.78, 5) is 4.07. The molecular weight excluding hydrogens is 262 g/mol. The van der Waals surface area contributed by atoms with Crippen LogP contribution < -0.4 is 0 Å². The average molecular weight is 275 g/mol. The Hall–Kier alpha value is -1.50. The van der Waals surface area contributed by atoms with Gasteiger partial charge in [-0.3, -0.25) is 4.98 Å². The zero-order chi connectivity index (χ0) is 12.9. The molecule has 6 heteroatoms. The highest BCUT2D eigenvalue weighted by molar-refractivity contribution is 7.99. The molecule has 3 heterocycles. The lowest BCUT2D eigenvalue weighted by atomic mass is 10.2. The fraction of sp³-hybridized carbons (Fsp3) is 0.308. The predicted octanol–water partition coefficient (Wildman–Crippen LogP) is 2.00. The van der Waals surface area contributed by atoms with Gasteiger partial charge in [-0.25, -0.2) is 0 Å². The van der Waals surface area contributed by atoms with Crippen LogP contribution in [-0.2, 0) is 9.47 Å². The third-order valence-electron chi connectivity index (χ3n) is 2.66. The van der Waals surface area contributed by atoms with Crippen molar-refractivity contribution in [1.29, 1.82) is 0 Å². The smallest absolute Gasteiger partial charge is 0.167 e. The minimum absolute atomic E-state index is 0.121. The Balaban J connectivity index is 1.62. The molecule has 0 unspecified atom stereocenters. The van der Waals surface area contributed by atoms with Crippen molar-refractivity contribution in [3.05, 3.63) is 36.7 Å². The van der Waals surface area contributed by atoms with Gasteiger partial charge in [0.1, 0.15) is 5.03 Å². The molecule has 5 nitrogen and oxygen atoms in total. The Bertz CT molecular complexity index is 515. The van der Waals surface area contributed by atoms with Crippen LogP contribution in [0.2, 0.25) is 0 Å². The van der Waals surface area contributed by atoms with E-state index in [0.29, 0.717) is 13.2 Å². The van der Waals surface area contributed by atoms with Crippen molar-refractivity contribution in [3.63, 3.8) is 0 Å². The maximum Gasteiger partial charge on any atom is 0.167 e. The average Bonchev–Trinajstić information content (AvgIpc) is 3.00. The Morgan fingerprint density at radius 2 is 2.05 bits per heavy atom. The molecule has 1 aliphatic rings. The van der Waals surface area contributed by atoms with Crippen LogP contribution >= 0.6 is 11.8 Å². The van der Waals surface area contributed by atoms with Crippen molar-refractivity contribution in [1.82, 2.24) is 15.2 Å². The minimum atomic E-state index is -0.121. The molecule has 1 fully saturated rings. The highest BCUT2D eigenvalue weighted by Crippen LogP contribution is 2.21. The normalized spacial score (nSPS) is 15.8. The third-order valence-corrected chi connectivity index (χ3v) is 3.61. The van der Waals surface area contributed by atoms with E-state index in [-0.39, 0.29) is 6.29 Å². The lowest BCUT2D eigenvalue weighted by Gasteiger charge is -2.07. The monoisotopic (exact) mass is 275 g/mol.